The van der Waals surface area contributed by atoms with Crippen LogP contribution in [0.4, 0.5) is 5.69 Å². The van der Waals surface area contributed by atoms with E-state index in [-0.39, 0.29) is 22.7 Å². The van der Waals surface area contributed by atoms with Gasteiger partial charge in [-0.1, -0.05) is 12.1 Å². The summed E-state index contributed by atoms with van der Waals surface area (Å²) in [6.07, 6.45) is 0. The van der Waals surface area contributed by atoms with Crippen LogP contribution in [0.2, 0.25) is 0 Å². The molecule has 0 saturated carbocycles. The smallest absolute Gasteiger partial charge is 0.335 e. The number of hydrogen-bond acceptors (Lipinski definition) is 6. The fourth-order valence-corrected chi connectivity index (χ4v) is 3.60. The lowest BCUT2D eigenvalue weighted by molar-refractivity contribution is -0.384. The van der Waals surface area contributed by atoms with Crippen molar-refractivity contribution >= 4 is 27.6 Å². The average Bonchev–Trinajstić information content (AvgIpc) is 2.61. The standard InChI is InChI=1S/C16H14N2O8S/c19-15(20)10-17(9-11-1-5-13(6-2-11)18(23)24)27(25,26)14-7-3-12(4-8-14)16(21)22/h1-8H,9-10H2,(H,19,20)(H,21,22). The highest BCUT2D eigenvalue weighted by atomic mass is 32.2. The summed E-state index contributed by atoms with van der Waals surface area (Å²) in [5, 5.41) is 28.6. The average molecular weight is 394 g/mol. The minimum atomic E-state index is -4.24. The molecule has 0 aromatic heterocycles. The van der Waals surface area contributed by atoms with Crippen molar-refractivity contribution in [3.05, 3.63) is 69.8 Å². The SMILES string of the molecule is O=C(O)CN(Cc1ccc([N+](=O)[O-])cc1)S(=O)(=O)c1ccc(C(=O)O)cc1. The zero-order valence-electron chi connectivity index (χ0n) is 13.7. The van der Waals surface area contributed by atoms with Crippen LogP contribution in [0.5, 0.6) is 0 Å². The topological polar surface area (TPSA) is 155 Å². The predicted molar refractivity (Wildman–Crippen MR) is 91.7 cm³/mol. The predicted octanol–water partition coefficient (Wildman–Crippen LogP) is 1.57. The first kappa shape index (κ1) is 20.0. The highest BCUT2D eigenvalue weighted by Gasteiger charge is 2.27. The molecule has 2 rings (SSSR count). The number of carboxylic acid groups (broad SMARTS) is 2. The summed E-state index contributed by atoms with van der Waals surface area (Å²) in [5.74, 6) is -2.62. The van der Waals surface area contributed by atoms with Crippen molar-refractivity contribution in [2.45, 2.75) is 11.4 Å². The molecule has 2 aromatic rings. The van der Waals surface area contributed by atoms with Crippen LogP contribution in [0, 0.1) is 10.1 Å². The fraction of sp³-hybridized carbons (Fsp3) is 0.125. The van der Waals surface area contributed by atoms with Gasteiger partial charge in [0.05, 0.1) is 15.4 Å². The maximum absolute atomic E-state index is 12.7. The van der Waals surface area contributed by atoms with Crippen LogP contribution in [0.1, 0.15) is 15.9 Å². The van der Waals surface area contributed by atoms with Crippen molar-refractivity contribution in [1.82, 2.24) is 4.31 Å². The summed E-state index contributed by atoms with van der Waals surface area (Å²) in [6, 6.07) is 9.37. The Morgan fingerprint density at radius 1 is 1.00 bits per heavy atom. The van der Waals surface area contributed by atoms with Crippen molar-refractivity contribution in [3.8, 4) is 0 Å². The number of benzene rings is 2. The van der Waals surface area contributed by atoms with Gasteiger partial charge in [0.2, 0.25) is 10.0 Å². The molecule has 0 aliphatic carbocycles. The molecule has 0 atom stereocenters. The van der Waals surface area contributed by atoms with Crippen LogP contribution in [-0.2, 0) is 21.4 Å². The van der Waals surface area contributed by atoms with E-state index in [4.69, 9.17) is 10.2 Å². The second kappa shape index (κ2) is 7.93. The van der Waals surface area contributed by atoms with E-state index < -0.39 is 33.4 Å². The van der Waals surface area contributed by atoms with Gasteiger partial charge in [0, 0.05) is 18.7 Å². The van der Waals surface area contributed by atoms with Crippen molar-refractivity contribution < 1.29 is 33.1 Å². The summed E-state index contributed by atoms with van der Waals surface area (Å²) in [6.45, 7) is -1.16. The fourth-order valence-electron chi connectivity index (χ4n) is 2.22. The number of nitrogens with zero attached hydrogens (tertiary/aromatic N) is 2. The van der Waals surface area contributed by atoms with Gasteiger partial charge in [-0.2, -0.15) is 4.31 Å². The number of nitro benzene ring substituents is 1. The van der Waals surface area contributed by atoms with Crippen LogP contribution >= 0.6 is 0 Å². The van der Waals surface area contributed by atoms with E-state index in [1.165, 1.54) is 24.3 Å². The number of nitro groups is 1. The van der Waals surface area contributed by atoms with E-state index in [0.29, 0.717) is 9.87 Å². The van der Waals surface area contributed by atoms with E-state index in [2.05, 4.69) is 0 Å². The second-order valence-electron chi connectivity index (χ2n) is 5.42. The molecule has 0 aliphatic heterocycles. The molecule has 0 heterocycles. The lowest BCUT2D eigenvalue weighted by Crippen LogP contribution is -2.35. The summed E-state index contributed by atoms with van der Waals surface area (Å²) in [5.41, 5.74) is 0.0531. The molecule has 0 unspecified atom stereocenters. The molecule has 0 aliphatic rings. The van der Waals surface area contributed by atoms with Crippen LogP contribution < -0.4 is 0 Å². The first-order chi connectivity index (χ1) is 12.6. The third-order valence-corrected chi connectivity index (χ3v) is 5.36. The summed E-state index contributed by atoms with van der Waals surface area (Å²) >= 11 is 0. The van der Waals surface area contributed by atoms with Gasteiger partial charge in [-0.3, -0.25) is 14.9 Å². The minimum absolute atomic E-state index is 0.117. The number of sulfonamides is 1. The highest BCUT2D eigenvalue weighted by molar-refractivity contribution is 7.89. The van der Waals surface area contributed by atoms with Gasteiger partial charge < -0.3 is 10.2 Å². The molecule has 0 bridgehead atoms. The summed E-state index contributed by atoms with van der Waals surface area (Å²) < 4.78 is 26.2. The van der Waals surface area contributed by atoms with Crippen molar-refractivity contribution in [1.29, 1.82) is 0 Å². The summed E-state index contributed by atoms with van der Waals surface area (Å²) in [4.78, 5) is 31.8. The van der Waals surface area contributed by atoms with Crippen LogP contribution in [0.15, 0.2) is 53.4 Å². The highest BCUT2D eigenvalue weighted by Crippen LogP contribution is 2.20. The first-order valence-corrected chi connectivity index (χ1v) is 8.84. The second-order valence-corrected chi connectivity index (χ2v) is 7.36. The zero-order chi connectivity index (χ0) is 20.2. The first-order valence-electron chi connectivity index (χ1n) is 7.40. The normalized spacial score (nSPS) is 11.3. The Labute approximate surface area is 153 Å². The summed E-state index contributed by atoms with van der Waals surface area (Å²) in [7, 11) is -4.24. The maximum atomic E-state index is 12.7. The molecule has 2 aromatic carbocycles. The Kier molecular flexibility index (Phi) is 5.88. The van der Waals surface area contributed by atoms with Crippen LogP contribution in [-0.4, -0.2) is 46.3 Å². The quantitative estimate of drug-likeness (QED) is 0.505. The van der Waals surface area contributed by atoms with E-state index in [1.807, 2.05) is 0 Å². The van der Waals surface area contributed by atoms with Crippen molar-refractivity contribution in [2.24, 2.45) is 0 Å². The number of aliphatic carboxylic acids is 1. The molecule has 10 nitrogen and oxygen atoms in total. The molecule has 11 heteroatoms. The number of carboxylic acids is 2. The Bertz CT molecular complexity index is 968. The van der Waals surface area contributed by atoms with Gasteiger partial charge in [-0.05, 0) is 29.8 Å². The van der Waals surface area contributed by atoms with Gasteiger partial charge >= 0.3 is 11.9 Å². The molecule has 0 amide bonds. The minimum Gasteiger partial charge on any atom is -0.480 e. The largest absolute Gasteiger partial charge is 0.480 e. The van der Waals surface area contributed by atoms with E-state index in [9.17, 15) is 28.1 Å². The van der Waals surface area contributed by atoms with Gasteiger partial charge in [-0.25, -0.2) is 13.2 Å². The molecule has 2 N–H and O–H groups in total. The number of non-ortho nitro benzene ring substituents is 1. The maximum Gasteiger partial charge on any atom is 0.335 e. The van der Waals surface area contributed by atoms with E-state index in [1.54, 1.807) is 0 Å². The van der Waals surface area contributed by atoms with Crippen LogP contribution in [0.3, 0.4) is 0 Å². The molecule has 142 valence electrons. The number of hydrogen-bond donors (Lipinski definition) is 2. The van der Waals surface area contributed by atoms with E-state index >= 15 is 0 Å². The Morgan fingerprint density at radius 3 is 2.00 bits per heavy atom. The lowest BCUT2D eigenvalue weighted by Gasteiger charge is -2.20. The third-order valence-electron chi connectivity index (χ3n) is 3.56. The Morgan fingerprint density at radius 2 is 1.56 bits per heavy atom. The Balaban J connectivity index is 2.34. The monoisotopic (exact) mass is 394 g/mol. The molecule has 0 saturated heterocycles. The zero-order valence-corrected chi connectivity index (χ0v) is 14.5. The molecular weight excluding hydrogens is 380 g/mol. The van der Waals surface area contributed by atoms with Gasteiger partial charge in [0.1, 0.15) is 6.54 Å². The van der Waals surface area contributed by atoms with Crippen molar-refractivity contribution in [2.75, 3.05) is 6.54 Å². The molecule has 0 fully saturated rings. The van der Waals surface area contributed by atoms with Gasteiger partial charge in [0.25, 0.3) is 5.69 Å². The lowest BCUT2D eigenvalue weighted by atomic mass is 10.2. The Hall–Kier alpha value is -3.31. The van der Waals surface area contributed by atoms with Crippen molar-refractivity contribution in [3.63, 3.8) is 0 Å². The van der Waals surface area contributed by atoms with Gasteiger partial charge in [-0.15, -0.1) is 0 Å². The van der Waals surface area contributed by atoms with Crippen LogP contribution in [0.25, 0.3) is 0 Å². The number of rotatable bonds is 8. The molecule has 0 spiro atoms. The number of aromatic carboxylic acids is 1. The third kappa shape index (κ3) is 4.86. The van der Waals surface area contributed by atoms with Gasteiger partial charge in [0.15, 0.2) is 0 Å². The molecule has 0 radical (unpaired) electrons. The number of carbonyl (C=O) groups is 2. The van der Waals surface area contributed by atoms with E-state index in [0.717, 1.165) is 24.3 Å². The molecule has 27 heavy (non-hydrogen) atoms. The molecular formula is C16H14N2O8S.